The van der Waals surface area contributed by atoms with Crippen molar-refractivity contribution in [2.45, 2.75) is 38.8 Å². The van der Waals surface area contributed by atoms with E-state index >= 15 is 0 Å². The monoisotopic (exact) mass is 400 g/mol. The molecule has 1 aromatic heterocycles. The summed E-state index contributed by atoms with van der Waals surface area (Å²) in [6, 6.07) is 6.32. The van der Waals surface area contributed by atoms with Crippen LogP contribution < -0.4 is 5.32 Å². The van der Waals surface area contributed by atoms with Crippen LogP contribution >= 0.6 is 11.8 Å². The minimum Gasteiger partial charge on any atom is -0.356 e. The molecular weight excluding hydrogens is 372 g/mol. The minimum atomic E-state index is -0.0165. The van der Waals surface area contributed by atoms with Crippen molar-refractivity contribution in [2.75, 3.05) is 25.4 Å². The van der Waals surface area contributed by atoms with Crippen molar-refractivity contribution in [3.8, 4) is 5.69 Å². The van der Waals surface area contributed by atoms with E-state index in [0.29, 0.717) is 24.8 Å². The number of benzene rings is 1. The Bertz CT molecular complexity index is 849. The van der Waals surface area contributed by atoms with Crippen LogP contribution in [-0.4, -0.2) is 51.7 Å². The van der Waals surface area contributed by atoms with Crippen molar-refractivity contribution in [3.63, 3.8) is 0 Å². The molecule has 1 fully saturated rings. The molecule has 0 spiro atoms. The van der Waals surface area contributed by atoms with Crippen LogP contribution in [0.5, 0.6) is 0 Å². The van der Waals surface area contributed by atoms with Crippen LogP contribution in [0.1, 0.15) is 30.9 Å². The van der Waals surface area contributed by atoms with E-state index in [4.69, 9.17) is 0 Å². The molecule has 0 aliphatic carbocycles. The van der Waals surface area contributed by atoms with Crippen molar-refractivity contribution in [1.29, 1.82) is 0 Å². The second-order valence-electron chi connectivity index (χ2n) is 7.42. The first-order valence-corrected chi connectivity index (χ1v) is 10.7. The number of hydrogen-bond acceptors (Lipinski definition) is 4. The van der Waals surface area contributed by atoms with Gasteiger partial charge in [-0.1, -0.05) is 17.8 Å². The summed E-state index contributed by atoms with van der Waals surface area (Å²) in [7, 11) is 0. The number of imidazole rings is 1. The molecule has 0 bridgehead atoms. The Morgan fingerprint density at radius 2 is 2.11 bits per heavy atom. The zero-order valence-corrected chi connectivity index (χ0v) is 17.6. The van der Waals surface area contributed by atoms with Crippen molar-refractivity contribution in [2.24, 2.45) is 5.92 Å². The predicted octanol–water partition coefficient (Wildman–Crippen LogP) is 2.96. The summed E-state index contributed by atoms with van der Waals surface area (Å²) in [5, 5.41) is 3.69. The zero-order valence-electron chi connectivity index (χ0n) is 16.8. The molecule has 2 aromatic rings. The molecular formula is C21H28N4O2S. The molecule has 28 heavy (non-hydrogen) atoms. The smallest absolute Gasteiger partial charge is 0.233 e. The van der Waals surface area contributed by atoms with Gasteiger partial charge in [-0.05, 0) is 55.9 Å². The Hall–Kier alpha value is -2.28. The van der Waals surface area contributed by atoms with Gasteiger partial charge in [0.1, 0.15) is 0 Å². The Balaban J connectivity index is 1.58. The number of nitrogens with one attached hydrogen (secondary N) is 1. The Morgan fingerprint density at radius 3 is 2.86 bits per heavy atom. The van der Waals surface area contributed by atoms with Gasteiger partial charge in [-0.2, -0.15) is 0 Å². The molecule has 0 radical (unpaired) electrons. The summed E-state index contributed by atoms with van der Waals surface area (Å²) in [5.41, 5.74) is 3.55. The lowest BCUT2D eigenvalue weighted by Crippen LogP contribution is -2.44. The highest BCUT2D eigenvalue weighted by atomic mass is 32.2. The van der Waals surface area contributed by atoms with Gasteiger partial charge in [0.15, 0.2) is 5.16 Å². The van der Waals surface area contributed by atoms with Crippen LogP contribution in [0.2, 0.25) is 0 Å². The molecule has 1 atom stereocenters. The third kappa shape index (κ3) is 5.16. The number of thioether (sulfide) groups is 1. The molecule has 1 aliphatic rings. The van der Waals surface area contributed by atoms with E-state index in [1.54, 1.807) is 6.20 Å². The first kappa shape index (κ1) is 20.5. The summed E-state index contributed by atoms with van der Waals surface area (Å²) < 4.78 is 2.03. The van der Waals surface area contributed by atoms with Crippen molar-refractivity contribution >= 4 is 23.6 Å². The summed E-state index contributed by atoms with van der Waals surface area (Å²) >= 11 is 1.47. The minimum absolute atomic E-state index is 0.0165. The highest BCUT2D eigenvalue weighted by Gasteiger charge is 2.24. The summed E-state index contributed by atoms with van der Waals surface area (Å²) in [4.78, 5) is 30.2. The fourth-order valence-electron chi connectivity index (χ4n) is 3.43. The number of likely N-dealkylation sites (tertiary alicyclic amines) is 1. The largest absolute Gasteiger partial charge is 0.356 e. The zero-order chi connectivity index (χ0) is 20.1. The van der Waals surface area contributed by atoms with Gasteiger partial charge in [0.2, 0.25) is 11.8 Å². The topological polar surface area (TPSA) is 67.2 Å². The van der Waals surface area contributed by atoms with Crippen LogP contribution in [0.25, 0.3) is 5.69 Å². The predicted molar refractivity (Wildman–Crippen MR) is 112 cm³/mol. The first-order valence-electron chi connectivity index (χ1n) is 9.70. The molecule has 1 aliphatic heterocycles. The third-order valence-electron chi connectivity index (χ3n) is 5.21. The van der Waals surface area contributed by atoms with Crippen molar-refractivity contribution in [1.82, 2.24) is 19.8 Å². The SMILES string of the molecule is CC(=O)NCC1CCCN(C(=O)CSc2nccn2-c2ccc(C)c(C)c2)C1. The lowest BCUT2D eigenvalue weighted by molar-refractivity contribution is -0.130. The van der Waals surface area contributed by atoms with Gasteiger partial charge >= 0.3 is 0 Å². The molecule has 1 N–H and O–H groups in total. The third-order valence-corrected chi connectivity index (χ3v) is 6.16. The molecule has 1 saturated heterocycles. The normalized spacial score (nSPS) is 16.8. The number of amides is 2. The van der Waals surface area contributed by atoms with Gasteiger partial charge in [-0.15, -0.1) is 0 Å². The number of nitrogens with zero attached hydrogens (tertiary/aromatic N) is 3. The molecule has 2 heterocycles. The molecule has 6 nitrogen and oxygen atoms in total. The summed E-state index contributed by atoms with van der Waals surface area (Å²) in [5.74, 6) is 0.822. The van der Waals surface area contributed by atoms with E-state index < -0.39 is 0 Å². The van der Waals surface area contributed by atoms with E-state index in [9.17, 15) is 9.59 Å². The Labute approximate surface area is 170 Å². The molecule has 3 rings (SSSR count). The van der Waals surface area contributed by atoms with Crippen LogP contribution in [0.15, 0.2) is 35.7 Å². The van der Waals surface area contributed by atoms with Crippen LogP contribution in [0.3, 0.4) is 0 Å². The summed E-state index contributed by atoms with van der Waals surface area (Å²) in [6.07, 6.45) is 5.74. The molecule has 2 amide bonds. The maximum Gasteiger partial charge on any atom is 0.233 e. The second kappa shape index (κ2) is 9.28. The van der Waals surface area contributed by atoms with Crippen LogP contribution in [-0.2, 0) is 9.59 Å². The molecule has 0 saturated carbocycles. The Kier molecular flexibility index (Phi) is 6.78. The Morgan fingerprint density at radius 1 is 1.29 bits per heavy atom. The number of aryl methyl sites for hydroxylation is 2. The average Bonchev–Trinajstić information content (AvgIpc) is 3.15. The highest BCUT2D eigenvalue weighted by Crippen LogP contribution is 2.23. The maximum absolute atomic E-state index is 12.7. The lowest BCUT2D eigenvalue weighted by atomic mass is 9.98. The maximum atomic E-state index is 12.7. The molecule has 7 heteroatoms. The van der Waals surface area contributed by atoms with Crippen LogP contribution in [0.4, 0.5) is 0 Å². The fraction of sp³-hybridized carbons (Fsp3) is 0.476. The number of carbonyl (C=O) groups is 2. The van der Waals surface area contributed by atoms with Gasteiger partial charge in [0.25, 0.3) is 0 Å². The highest BCUT2D eigenvalue weighted by molar-refractivity contribution is 7.99. The number of rotatable bonds is 6. The number of aromatic nitrogens is 2. The molecule has 150 valence electrons. The average molecular weight is 401 g/mol. The van der Waals surface area contributed by atoms with Crippen molar-refractivity contribution < 1.29 is 9.59 Å². The van der Waals surface area contributed by atoms with Gasteiger partial charge in [-0.3, -0.25) is 14.2 Å². The second-order valence-corrected chi connectivity index (χ2v) is 8.36. The number of hydrogen-bond donors (Lipinski definition) is 1. The van der Waals surface area contributed by atoms with E-state index in [1.165, 1.54) is 29.8 Å². The van der Waals surface area contributed by atoms with Crippen LogP contribution in [0, 0.1) is 19.8 Å². The van der Waals surface area contributed by atoms with E-state index in [-0.39, 0.29) is 11.8 Å². The molecule has 1 unspecified atom stereocenters. The lowest BCUT2D eigenvalue weighted by Gasteiger charge is -2.32. The van der Waals surface area contributed by atoms with Gasteiger partial charge in [-0.25, -0.2) is 4.98 Å². The van der Waals surface area contributed by atoms with E-state index in [1.807, 2.05) is 15.7 Å². The standard InChI is InChI=1S/C21H28N4O2S/c1-15-6-7-19(11-16(15)2)25-10-8-22-21(25)28-14-20(27)24-9-4-5-18(13-24)12-23-17(3)26/h6-8,10-11,18H,4-5,9,12-14H2,1-3H3,(H,23,26). The van der Waals surface area contributed by atoms with Gasteiger partial charge in [0.05, 0.1) is 5.75 Å². The van der Waals surface area contributed by atoms with E-state index in [2.05, 4.69) is 42.3 Å². The number of carbonyl (C=O) groups excluding carboxylic acids is 2. The van der Waals surface area contributed by atoms with Gasteiger partial charge in [0, 0.05) is 44.6 Å². The van der Waals surface area contributed by atoms with E-state index in [0.717, 1.165) is 30.2 Å². The fourth-order valence-corrected chi connectivity index (χ4v) is 4.31. The molecule has 1 aromatic carbocycles. The van der Waals surface area contributed by atoms with Gasteiger partial charge < -0.3 is 10.2 Å². The first-order chi connectivity index (χ1) is 13.4. The summed E-state index contributed by atoms with van der Waals surface area (Å²) in [6.45, 7) is 7.87. The van der Waals surface area contributed by atoms with Crippen molar-refractivity contribution in [3.05, 3.63) is 41.7 Å². The quantitative estimate of drug-likeness (QED) is 0.757. The number of piperidine rings is 1.